The van der Waals surface area contributed by atoms with E-state index in [0.717, 1.165) is 4.47 Å². The Morgan fingerprint density at radius 2 is 1.75 bits per heavy atom. The lowest BCUT2D eigenvalue weighted by Gasteiger charge is -2.31. The van der Waals surface area contributed by atoms with Gasteiger partial charge >= 0.3 is 0 Å². The molecule has 24 heavy (non-hydrogen) atoms. The van der Waals surface area contributed by atoms with Crippen molar-refractivity contribution in [3.8, 4) is 0 Å². The highest BCUT2D eigenvalue weighted by Gasteiger charge is 2.32. The summed E-state index contributed by atoms with van der Waals surface area (Å²) >= 11 is 3.31. The van der Waals surface area contributed by atoms with Crippen LogP contribution >= 0.6 is 15.9 Å². The zero-order valence-corrected chi connectivity index (χ0v) is 16.8. The van der Waals surface area contributed by atoms with Gasteiger partial charge in [0.1, 0.15) is 0 Å². The molecule has 0 saturated carbocycles. The number of carbonyl (C=O) groups excluding carboxylic acids is 1. The minimum absolute atomic E-state index is 0.0330. The number of rotatable bonds is 4. The maximum atomic E-state index is 12.6. The first-order valence-corrected chi connectivity index (χ1v) is 10.4. The number of halogens is 1. The van der Waals surface area contributed by atoms with Crippen molar-refractivity contribution < 1.29 is 13.2 Å². The highest BCUT2D eigenvalue weighted by Crippen LogP contribution is 2.25. The van der Waals surface area contributed by atoms with E-state index in [0.29, 0.717) is 37.4 Å². The van der Waals surface area contributed by atoms with Crippen LogP contribution < -0.4 is 5.32 Å². The van der Waals surface area contributed by atoms with Gasteiger partial charge in [0, 0.05) is 30.0 Å². The van der Waals surface area contributed by atoms with Crippen LogP contribution in [0, 0.1) is 11.3 Å². The van der Waals surface area contributed by atoms with E-state index in [-0.39, 0.29) is 17.2 Å². The Labute approximate surface area is 153 Å². The van der Waals surface area contributed by atoms with E-state index in [1.165, 1.54) is 4.31 Å². The highest BCUT2D eigenvalue weighted by atomic mass is 79.9. The molecule has 1 aromatic carbocycles. The minimum atomic E-state index is -3.48. The summed E-state index contributed by atoms with van der Waals surface area (Å²) in [7, 11) is -3.48. The van der Waals surface area contributed by atoms with E-state index in [2.05, 4.69) is 42.0 Å². The van der Waals surface area contributed by atoms with Crippen LogP contribution in [-0.4, -0.2) is 38.3 Å². The van der Waals surface area contributed by atoms with Gasteiger partial charge in [-0.3, -0.25) is 4.79 Å². The predicted octanol–water partition coefficient (Wildman–Crippen LogP) is 3.01. The van der Waals surface area contributed by atoms with Gasteiger partial charge in [-0.25, -0.2) is 8.42 Å². The molecule has 1 N–H and O–H groups in total. The number of nitrogens with one attached hydrogen (secondary N) is 1. The van der Waals surface area contributed by atoms with Crippen LogP contribution in [0.3, 0.4) is 0 Å². The first-order valence-electron chi connectivity index (χ1n) is 8.13. The molecule has 7 heteroatoms. The molecule has 1 aliphatic heterocycles. The number of hydrogen-bond acceptors (Lipinski definition) is 3. The summed E-state index contributed by atoms with van der Waals surface area (Å²) in [6.45, 7) is 7.60. The Kier molecular flexibility index (Phi) is 6.09. The largest absolute Gasteiger partial charge is 0.355 e. The summed E-state index contributed by atoms with van der Waals surface area (Å²) < 4.78 is 27.6. The minimum Gasteiger partial charge on any atom is -0.355 e. The molecule has 1 saturated heterocycles. The topological polar surface area (TPSA) is 66.5 Å². The molecule has 0 aliphatic carbocycles. The summed E-state index contributed by atoms with van der Waals surface area (Å²) in [5.41, 5.74) is 0.0429. The molecule has 134 valence electrons. The molecule has 0 atom stereocenters. The van der Waals surface area contributed by atoms with Crippen molar-refractivity contribution in [2.24, 2.45) is 11.3 Å². The molecule has 1 fully saturated rings. The number of hydrogen-bond donors (Lipinski definition) is 1. The summed E-state index contributed by atoms with van der Waals surface area (Å²) in [6, 6.07) is 6.64. The summed E-state index contributed by atoms with van der Waals surface area (Å²) in [4.78, 5) is 12.5. The van der Waals surface area contributed by atoms with Crippen LogP contribution in [0.2, 0.25) is 0 Å². The quantitative estimate of drug-likeness (QED) is 0.819. The van der Waals surface area contributed by atoms with Gasteiger partial charge in [0.15, 0.2) is 0 Å². The molecule has 2 rings (SSSR count). The van der Waals surface area contributed by atoms with Crippen LogP contribution in [-0.2, 0) is 14.8 Å². The Bertz CT molecular complexity index is 673. The fourth-order valence-corrected chi connectivity index (χ4v) is 4.34. The zero-order valence-electron chi connectivity index (χ0n) is 14.4. The van der Waals surface area contributed by atoms with E-state index in [9.17, 15) is 13.2 Å². The summed E-state index contributed by atoms with van der Waals surface area (Å²) in [5.74, 6) is -0.0747. The van der Waals surface area contributed by atoms with Crippen molar-refractivity contribution >= 4 is 31.9 Å². The summed E-state index contributed by atoms with van der Waals surface area (Å²) in [5, 5.41) is 2.97. The molecule has 0 radical (unpaired) electrons. The Morgan fingerprint density at radius 3 is 2.25 bits per heavy atom. The maximum absolute atomic E-state index is 12.6. The van der Waals surface area contributed by atoms with Crippen LogP contribution in [0.4, 0.5) is 0 Å². The van der Waals surface area contributed by atoms with Crippen molar-refractivity contribution in [3.05, 3.63) is 28.7 Å². The van der Waals surface area contributed by atoms with E-state index < -0.39 is 10.0 Å². The van der Waals surface area contributed by atoms with Gasteiger partial charge in [-0.05, 0) is 42.5 Å². The van der Waals surface area contributed by atoms with Crippen LogP contribution in [0.25, 0.3) is 0 Å². The molecular formula is C17H25BrN2O3S. The molecule has 0 aromatic heterocycles. The lowest BCUT2D eigenvalue weighted by Crippen LogP contribution is -2.44. The highest BCUT2D eigenvalue weighted by molar-refractivity contribution is 9.10. The number of piperidine rings is 1. The van der Waals surface area contributed by atoms with Gasteiger partial charge < -0.3 is 5.32 Å². The third-order valence-corrected chi connectivity index (χ3v) is 6.51. The summed E-state index contributed by atoms with van der Waals surface area (Å²) in [6.07, 6.45) is 1.12. The van der Waals surface area contributed by atoms with Crippen molar-refractivity contribution in [1.82, 2.24) is 9.62 Å². The molecule has 1 heterocycles. The Hall–Kier alpha value is -0.920. The third-order valence-electron chi connectivity index (χ3n) is 4.07. The standard InChI is InChI=1S/C17H25BrN2O3S/c1-17(2,3)12-19-16(21)13-8-10-20(11-9-13)24(22,23)15-6-4-14(18)5-7-15/h4-7,13H,8-12H2,1-3H3,(H,19,21). The molecular weight excluding hydrogens is 392 g/mol. The number of benzene rings is 1. The van der Waals surface area contributed by atoms with E-state index >= 15 is 0 Å². The van der Waals surface area contributed by atoms with E-state index in [4.69, 9.17) is 0 Å². The Balaban J connectivity index is 1.94. The molecule has 0 bridgehead atoms. The number of sulfonamides is 1. The average molecular weight is 417 g/mol. The predicted molar refractivity (Wildman–Crippen MR) is 98.1 cm³/mol. The molecule has 0 unspecified atom stereocenters. The Morgan fingerprint density at radius 1 is 1.21 bits per heavy atom. The monoisotopic (exact) mass is 416 g/mol. The van der Waals surface area contributed by atoms with Crippen molar-refractivity contribution in [3.63, 3.8) is 0 Å². The van der Waals surface area contributed by atoms with Crippen LogP contribution in [0.1, 0.15) is 33.6 Å². The third kappa shape index (κ3) is 5.04. The number of nitrogens with zero attached hydrogens (tertiary/aromatic N) is 1. The average Bonchev–Trinajstić information content (AvgIpc) is 2.52. The van der Waals surface area contributed by atoms with Crippen LogP contribution in [0.5, 0.6) is 0 Å². The normalized spacial score (nSPS) is 17.7. The number of carbonyl (C=O) groups is 1. The SMILES string of the molecule is CC(C)(C)CNC(=O)C1CCN(S(=O)(=O)c2ccc(Br)cc2)CC1. The van der Waals surface area contributed by atoms with Gasteiger partial charge in [0.2, 0.25) is 15.9 Å². The second-order valence-corrected chi connectivity index (χ2v) is 10.3. The number of amides is 1. The second kappa shape index (κ2) is 7.54. The molecule has 1 aromatic rings. The van der Waals surface area contributed by atoms with Crippen molar-refractivity contribution in [2.45, 2.75) is 38.5 Å². The van der Waals surface area contributed by atoms with E-state index in [1.807, 2.05) is 0 Å². The smallest absolute Gasteiger partial charge is 0.243 e. The first kappa shape index (κ1) is 19.4. The maximum Gasteiger partial charge on any atom is 0.243 e. The molecule has 1 amide bonds. The zero-order chi connectivity index (χ0) is 18.0. The lowest BCUT2D eigenvalue weighted by molar-refractivity contribution is -0.126. The van der Waals surface area contributed by atoms with Crippen LogP contribution in [0.15, 0.2) is 33.6 Å². The van der Waals surface area contributed by atoms with E-state index in [1.54, 1.807) is 24.3 Å². The lowest BCUT2D eigenvalue weighted by atomic mass is 9.94. The second-order valence-electron chi connectivity index (χ2n) is 7.41. The van der Waals surface area contributed by atoms with Gasteiger partial charge in [-0.2, -0.15) is 4.31 Å². The molecule has 0 spiro atoms. The van der Waals surface area contributed by atoms with Gasteiger partial charge in [-0.15, -0.1) is 0 Å². The van der Waals surface area contributed by atoms with Crippen molar-refractivity contribution in [1.29, 1.82) is 0 Å². The van der Waals surface area contributed by atoms with Gasteiger partial charge in [0.05, 0.1) is 4.90 Å². The fourth-order valence-electron chi connectivity index (χ4n) is 2.61. The first-order chi connectivity index (χ1) is 11.1. The molecule has 1 aliphatic rings. The van der Waals surface area contributed by atoms with Crippen molar-refractivity contribution in [2.75, 3.05) is 19.6 Å². The fraction of sp³-hybridized carbons (Fsp3) is 0.588. The van der Waals surface area contributed by atoms with Gasteiger partial charge in [-0.1, -0.05) is 36.7 Å². The van der Waals surface area contributed by atoms with Gasteiger partial charge in [0.25, 0.3) is 0 Å². The molecule has 5 nitrogen and oxygen atoms in total.